The van der Waals surface area contributed by atoms with Crippen LogP contribution >= 0.6 is 0 Å². The normalized spacial score (nSPS) is 17.3. The van der Waals surface area contributed by atoms with Crippen molar-refractivity contribution in [2.75, 3.05) is 18.9 Å². The third-order valence-electron chi connectivity index (χ3n) is 3.77. The van der Waals surface area contributed by atoms with Crippen molar-refractivity contribution < 1.29 is 9.32 Å². The number of carbonyl (C=O) groups is 1. The van der Waals surface area contributed by atoms with Gasteiger partial charge in [0.05, 0.1) is 0 Å². The number of nitrogens with zero attached hydrogens (tertiary/aromatic N) is 4. The minimum atomic E-state index is -0.167. The van der Waals surface area contributed by atoms with E-state index in [1.165, 1.54) is 0 Å². The molecular weight excluding hydrogens is 270 g/mol. The first-order valence-corrected chi connectivity index (χ1v) is 7.07. The number of carbonyl (C=O) groups excluding carboxylic acids is 1. The molecule has 0 bridgehead atoms. The average molecular weight is 289 g/mol. The first-order valence-electron chi connectivity index (χ1n) is 7.07. The molecule has 0 saturated carbocycles. The lowest BCUT2D eigenvalue weighted by molar-refractivity contribution is 0.205. The summed E-state index contributed by atoms with van der Waals surface area (Å²) < 4.78 is 7.10. The van der Waals surface area contributed by atoms with E-state index in [1.54, 1.807) is 24.9 Å². The Labute approximate surface area is 122 Å². The zero-order valence-electron chi connectivity index (χ0n) is 12.2. The molecule has 7 nitrogen and oxygen atoms in total. The molecule has 1 aliphatic rings. The SMILES string of the molecule is Cc1cc(NC(=O)N(C)C[C@@H]2CCc3nccn3C2)no1. The van der Waals surface area contributed by atoms with Crippen molar-refractivity contribution in [3.8, 4) is 0 Å². The number of aryl methyl sites for hydroxylation is 2. The molecule has 2 aromatic rings. The van der Waals surface area contributed by atoms with E-state index in [4.69, 9.17) is 4.52 Å². The van der Waals surface area contributed by atoms with Gasteiger partial charge in [0, 0.05) is 45.0 Å². The molecule has 0 fully saturated rings. The lowest BCUT2D eigenvalue weighted by Gasteiger charge is -2.28. The van der Waals surface area contributed by atoms with Gasteiger partial charge in [-0.3, -0.25) is 5.32 Å². The van der Waals surface area contributed by atoms with E-state index in [1.807, 2.05) is 12.4 Å². The monoisotopic (exact) mass is 289 g/mol. The van der Waals surface area contributed by atoms with Gasteiger partial charge in [-0.15, -0.1) is 0 Å². The lowest BCUT2D eigenvalue weighted by atomic mass is 9.99. The van der Waals surface area contributed by atoms with Crippen LogP contribution < -0.4 is 5.32 Å². The molecule has 21 heavy (non-hydrogen) atoms. The second-order valence-corrected chi connectivity index (χ2v) is 5.53. The van der Waals surface area contributed by atoms with Crippen LogP contribution in [0, 0.1) is 12.8 Å². The van der Waals surface area contributed by atoms with E-state index in [-0.39, 0.29) is 6.03 Å². The minimum Gasteiger partial charge on any atom is -0.360 e. The van der Waals surface area contributed by atoms with Crippen molar-refractivity contribution in [2.24, 2.45) is 5.92 Å². The Morgan fingerprint density at radius 2 is 2.48 bits per heavy atom. The van der Waals surface area contributed by atoms with Crippen molar-refractivity contribution in [1.82, 2.24) is 19.6 Å². The molecule has 0 radical (unpaired) electrons. The largest absolute Gasteiger partial charge is 0.360 e. The molecule has 0 aromatic carbocycles. The van der Waals surface area contributed by atoms with E-state index in [0.29, 0.717) is 24.0 Å². The summed E-state index contributed by atoms with van der Waals surface area (Å²) in [6, 6.07) is 1.53. The van der Waals surface area contributed by atoms with Crippen molar-refractivity contribution in [3.63, 3.8) is 0 Å². The predicted molar refractivity (Wildman–Crippen MR) is 76.9 cm³/mol. The maximum Gasteiger partial charge on any atom is 0.322 e. The van der Waals surface area contributed by atoms with Crippen LogP contribution in [0.5, 0.6) is 0 Å². The summed E-state index contributed by atoms with van der Waals surface area (Å²) in [7, 11) is 1.80. The van der Waals surface area contributed by atoms with Crippen LogP contribution in [0.15, 0.2) is 23.0 Å². The first-order chi connectivity index (χ1) is 10.1. The van der Waals surface area contributed by atoms with Crippen LogP contribution in [-0.4, -0.2) is 39.2 Å². The summed E-state index contributed by atoms with van der Waals surface area (Å²) in [5.74, 6) is 2.70. The molecule has 1 aliphatic heterocycles. The maximum absolute atomic E-state index is 12.1. The highest BCUT2D eigenvalue weighted by atomic mass is 16.5. The summed E-state index contributed by atoms with van der Waals surface area (Å²) in [5, 5.41) is 6.49. The number of hydrogen-bond donors (Lipinski definition) is 1. The first kappa shape index (κ1) is 13.7. The Hall–Kier alpha value is -2.31. The van der Waals surface area contributed by atoms with Crippen LogP contribution in [0.4, 0.5) is 10.6 Å². The molecule has 2 amide bonds. The van der Waals surface area contributed by atoms with Crippen molar-refractivity contribution in [1.29, 1.82) is 0 Å². The number of anilines is 1. The fourth-order valence-electron chi connectivity index (χ4n) is 2.69. The Balaban J connectivity index is 1.54. The van der Waals surface area contributed by atoms with Gasteiger partial charge in [0.25, 0.3) is 0 Å². The second-order valence-electron chi connectivity index (χ2n) is 5.53. The number of imidazole rings is 1. The highest BCUT2D eigenvalue weighted by Gasteiger charge is 2.22. The van der Waals surface area contributed by atoms with Crippen LogP contribution in [-0.2, 0) is 13.0 Å². The van der Waals surface area contributed by atoms with Crippen LogP contribution in [0.1, 0.15) is 18.0 Å². The lowest BCUT2D eigenvalue weighted by Crippen LogP contribution is -2.37. The van der Waals surface area contributed by atoms with E-state index >= 15 is 0 Å². The molecule has 3 heterocycles. The molecule has 0 unspecified atom stereocenters. The number of amides is 2. The predicted octanol–water partition coefficient (Wildman–Crippen LogP) is 1.91. The van der Waals surface area contributed by atoms with Crippen LogP contribution in [0.2, 0.25) is 0 Å². The number of rotatable bonds is 3. The number of aromatic nitrogens is 3. The Morgan fingerprint density at radius 3 is 3.24 bits per heavy atom. The van der Waals surface area contributed by atoms with Crippen LogP contribution in [0.3, 0.4) is 0 Å². The summed E-state index contributed by atoms with van der Waals surface area (Å²) >= 11 is 0. The zero-order valence-corrected chi connectivity index (χ0v) is 12.2. The van der Waals surface area contributed by atoms with E-state index in [0.717, 1.165) is 25.2 Å². The third kappa shape index (κ3) is 3.07. The molecule has 0 aliphatic carbocycles. The van der Waals surface area contributed by atoms with Gasteiger partial charge in [0.1, 0.15) is 11.6 Å². The summed E-state index contributed by atoms with van der Waals surface area (Å²) in [6.07, 6.45) is 5.86. The van der Waals surface area contributed by atoms with Crippen LogP contribution in [0.25, 0.3) is 0 Å². The molecule has 0 spiro atoms. The van der Waals surface area contributed by atoms with Gasteiger partial charge in [-0.05, 0) is 19.3 Å². The molecule has 112 valence electrons. The minimum absolute atomic E-state index is 0.167. The Kier molecular flexibility index (Phi) is 3.64. The van der Waals surface area contributed by atoms with Gasteiger partial charge >= 0.3 is 6.03 Å². The highest BCUT2D eigenvalue weighted by molar-refractivity contribution is 5.88. The van der Waals surface area contributed by atoms with E-state index in [2.05, 4.69) is 20.0 Å². The number of hydrogen-bond acceptors (Lipinski definition) is 4. The van der Waals surface area contributed by atoms with Crippen molar-refractivity contribution in [2.45, 2.75) is 26.3 Å². The molecule has 1 N–H and O–H groups in total. The van der Waals surface area contributed by atoms with Gasteiger partial charge < -0.3 is 14.0 Å². The van der Waals surface area contributed by atoms with E-state index in [9.17, 15) is 4.79 Å². The number of nitrogens with one attached hydrogen (secondary N) is 1. The number of fused-ring (bicyclic) bond motifs is 1. The highest BCUT2D eigenvalue weighted by Crippen LogP contribution is 2.19. The summed E-state index contributed by atoms with van der Waals surface area (Å²) in [6.45, 7) is 3.41. The Bertz CT molecular complexity index is 633. The second kappa shape index (κ2) is 5.59. The fraction of sp³-hybridized carbons (Fsp3) is 0.500. The summed E-state index contributed by atoms with van der Waals surface area (Å²) in [5.41, 5.74) is 0. The molecule has 3 rings (SSSR count). The number of urea groups is 1. The molecule has 7 heteroatoms. The van der Waals surface area contributed by atoms with Gasteiger partial charge in [0.2, 0.25) is 0 Å². The molecular formula is C14H19N5O2. The van der Waals surface area contributed by atoms with Gasteiger partial charge in [-0.2, -0.15) is 0 Å². The van der Waals surface area contributed by atoms with Gasteiger partial charge in [0.15, 0.2) is 5.82 Å². The average Bonchev–Trinajstić information content (AvgIpc) is 3.07. The quantitative estimate of drug-likeness (QED) is 0.936. The standard InChI is InChI=1S/C14H19N5O2/c1-10-7-12(17-21-10)16-14(20)18(2)8-11-3-4-13-15-5-6-19(13)9-11/h5-7,11H,3-4,8-9H2,1-2H3,(H,16,17,20)/t11-/m0/s1. The fourth-order valence-corrected chi connectivity index (χ4v) is 2.69. The van der Waals surface area contributed by atoms with Crippen molar-refractivity contribution in [3.05, 3.63) is 30.0 Å². The Morgan fingerprint density at radius 1 is 1.62 bits per heavy atom. The molecule has 0 saturated heterocycles. The molecule has 1 atom stereocenters. The third-order valence-corrected chi connectivity index (χ3v) is 3.77. The zero-order chi connectivity index (χ0) is 14.8. The topological polar surface area (TPSA) is 76.2 Å². The smallest absolute Gasteiger partial charge is 0.322 e. The maximum atomic E-state index is 12.1. The van der Waals surface area contributed by atoms with Crippen molar-refractivity contribution >= 4 is 11.8 Å². The summed E-state index contributed by atoms with van der Waals surface area (Å²) in [4.78, 5) is 18.1. The van der Waals surface area contributed by atoms with Gasteiger partial charge in [-0.1, -0.05) is 5.16 Å². The molecule has 2 aromatic heterocycles. The van der Waals surface area contributed by atoms with Gasteiger partial charge in [-0.25, -0.2) is 9.78 Å². The van der Waals surface area contributed by atoms with E-state index < -0.39 is 0 Å².